The summed E-state index contributed by atoms with van der Waals surface area (Å²) >= 11 is 0. The van der Waals surface area contributed by atoms with E-state index in [1.807, 2.05) is 0 Å². The number of carbonyl (C=O) groups excluding carboxylic acids is 1. The first kappa shape index (κ1) is 15.0. The molecule has 1 aliphatic carbocycles. The monoisotopic (exact) mass is 317 g/mol. The molecule has 0 saturated heterocycles. The number of halogens is 2. The largest absolute Gasteiger partial charge is 0.332 e. The molecule has 0 bridgehead atoms. The van der Waals surface area contributed by atoms with E-state index in [-0.39, 0.29) is 16.5 Å². The Bertz CT molecular complexity index is 656. The van der Waals surface area contributed by atoms with Gasteiger partial charge in [-0.1, -0.05) is 6.08 Å². The molecule has 0 heterocycles. The summed E-state index contributed by atoms with van der Waals surface area (Å²) in [6.45, 7) is 3.90. The Morgan fingerprint density at radius 1 is 1.50 bits per heavy atom. The third kappa shape index (κ3) is 3.19. The number of rotatable bonds is 5. The van der Waals surface area contributed by atoms with Crippen LogP contribution in [0.5, 0.6) is 0 Å². The minimum atomic E-state index is -4.01. The van der Waals surface area contributed by atoms with Crippen molar-refractivity contribution in [3.63, 3.8) is 0 Å². The summed E-state index contributed by atoms with van der Waals surface area (Å²) in [6, 6.07) is 3.13. The number of hydrogen-bond donors (Lipinski definition) is 0. The number of hydrogen-bond acceptors (Lipinski definition) is 3. The van der Waals surface area contributed by atoms with Crippen molar-refractivity contribution in [3.05, 3.63) is 42.2 Å². The molecule has 1 fully saturated rings. The summed E-state index contributed by atoms with van der Waals surface area (Å²) in [4.78, 5) is 13.4. The Kier molecular flexibility index (Phi) is 4.15. The van der Waals surface area contributed by atoms with E-state index in [1.165, 1.54) is 4.90 Å². The highest BCUT2D eigenvalue weighted by Gasteiger charge is 2.33. The van der Waals surface area contributed by atoms with Gasteiger partial charge in [0.2, 0.25) is 0 Å². The van der Waals surface area contributed by atoms with Crippen LogP contribution in [0.25, 0.3) is 0 Å². The maximum Gasteiger partial charge on any atom is 0.261 e. The van der Waals surface area contributed by atoms with Crippen LogP contribution in [0.2, 0.25) is 0 Å². The summed E-state index contributed by atoms with van der Waals surface area (Å²) in [5.41, 5.74) is -0.164. The number of amides is 1. The Hall–Kier alpha value is -1.40. The Morgan fingerprint density at radius 2 is 2.15 bits per heavy atom. The molecule has 2 rings (SSSR count). The van der Waals surface area contributed by atoms with E-state index >= 15 is 0 Å². The molecule has 1 amide bonds. The summed E-state index contributed by atoms with van der Waals surface area (Å²) < 4.78 is 36.1. The summed E-state index contributed by atoms with van der Waals surface area (Å²) in [7, 11) is 1.12. The van der Waals surface area contributed by atoms with E-state index in [4.69, 9.17) is 10.7 Å². The second kappa shape index (κ2) is 5.54. The van der Waals surface area contributed by atoms with Crippen molar-refractivity contribution in [1.29, 1.82) is 0 Å². The van der Waals surface area contributed by atoms with E-state index in [1.54, 1.807) is 6.08 Å². The molecule has 0 aliphatic heterocycles. The van der Waals surface area contributed by atoms with Gasteiger partial charge in [0.15, 0.2) is 0 Å². The lowest BCUT2D eigenvalue weighted by Gasteiger charge is -2.21. The fourth-order valence-electron chi connectivity index (χ4n) is 1.90. The third-order valence-electron chi connectivity index (χ3n) is 3.03. The van der Waals surface area contributed by atoms with Crippen LogP contribution in [0.3, 0.4) is 0 Å². The van der Waals surface area contributed by atoms with Crippen molar-refractivity contribution < 1.29 is 17.6 Å². The van der Waals surface area contributed by atoms with Crippen LogP contribution in [0.15, 0.2) is 35.7 Å². The molecule has 0 radical (unpaired) electrons. The van der Waals surface area contributed by atoms with Crippen molar-refractivity contribution in [2.45, 2.75) is 23.8 Å². The fraction of sp³-hybridized carbons (Fsp3) is 0.308. The molecule has 4 nitrogen and oxygen atoms in total. The molecule has 1 aliphatic rings. The molecule has 1 aromatic rings. The van der Waals surface area contributed by atoms with E-state index in [9.17, 15) is 17.6 Å². The van der Waals surface area contributed by atoms with Gasteiger partial charge < -0.3 is 4.90 Å². The summed E-state index contributed by atoms with van der Waals surface area (Å²) in [6.07, 6.45) is 3.34. The lowest BCUT2D eigenvalue weighted by molar-refractivity contribution is 0.0758. The molecule has 0 aromatic heterocycles. The highest BCUT2D eigenvalue weighted by Crippen LogP contribution is 2.29. The smallest absolute Gasteiger partial charge is 0.261 e. The van der Waals surface area contributed by atoms with Crippen LogP contribution < -0.4 is 0 Å². The van der Waals surface area contributed by atoms with Gasteiger partial charge in [-0.15, -0.1) is 6.58 Å². The van der Waals surface area contributed by atoms with Gasteiger partial charge in [-0.05, 0) is 31.0 Å². The average molecular weight is 318 g/mol. The number of benzene rings is 1. The zero-order valence-electron chi connectivity index (χ0n) is 10.6. The molecule has 0 spiro atoms. The zero-order valence-corrected chi connectivity index (χ0v) is 12.1. The van der Waals surface area contributed by atoms with Gasteiger partial charge in [-0.25, -0.2) is 12.8 Å². The van der Waals surface area contributed by atoms with Crippen LogP contribution in [0, 0.1) is 5.82 Å². The molecule has 0 N–H and O–H groups in total. The summed E-state index contributed by atoms with van der Waals surface area (Å²) in [5, 5.41) is 0. The van der Waals surface area contributed by atoms with E-state index < -0.39 is 20.8 Å². The molecule has 0 atom stereocenters. The normalized spacial score (nSPS) is 14.9. The SMILES string of the molecule is C=CCN(C(=O)c1ccc(S(=O)(=O)Cl)cc1F)C1CC1. The summed E-state index contributed by atoms with van der Waals surface area (Å²) in [5.74, 6) is -1.37. The molecule has 1 saturated carbocycles. The van der Waals surface area contributed by atoms with E-state index in [2.05, 4.69) is 6.58 Å². The van der Waals surface area contributed by atoms with Gasteiger partial charge in [0, 0.05) is 23.3 Å². The predicted molar refractivity (Wildman–Crippen MR) is 73.7 cm³/mol. The van der Waals surface area contributed by atoms with Crippen LogP contribution in [-0.2, 0) is 9.05 Å². The molecular weight excluding hydrogens is 305 g/mol. The van der Waals surface area contributed by atoms with Crippen molar-refractivity contribution in [2.24, 2.45) is 0 Å². The van der Waals surface area contributed by atoms with Crippen LogP contribution in [-0.4, -0.2) is 31.8 Å². The minimum Gasteiger partial charge on any atom is -0.332 e. The maximum absolute atomic E-state index is 13.9. The Balaban J connectivity index is 2.32. The molecule has 20 heavy (non-hydrogen) atoms. The quantitative estimate of drug-likeness (QED) is 0.619. The second-order valence-electron chi connectivity index (χ2n) is 4.56. The maximum atomic E-state index is 13.9. The second-order valence-corrected chi connectivity index (χ2v) is 7.12. The van der Waals surface area contributed by atoms with Gasteiger partial charge in [0.1, 0.15) is 5.82 Å². The van der Waals surface area contributed by atoms with Crippen molar-refractivity contribution in [2.75, 3.05) is 6.54 Å². The standard InChI is InChI=1S/C13H13ClFNO3S/c1-2-7-16(9-3-4-9)13(17)11-6-5-10(8-12(11)15)20(14,18)19/h2,5-6,8-9H,1,3-4,7H2. The number of nitrogens with zero attached hydrogens (tertiary/aromatic N) is 1. The molecule has 0 unspecified atom stereocenters. The first-order chi connectivity index (χ1) is 9.34. The molecule has 1 aromatic carbocycles. The Labute approximate surface area is 121 Å². The van der Waals surface area contributed by atoms with Crippen LogP contribution >= 0.6 is 10.7 Å². The van der Waals surface area contributed by atoms with Crippen LogP contribution in [0.1, 0.15) is 23.2 Å². The topological polar surface area (TPSA) is 54.5 Å². The predicted octanol–water partition coefficient (Wildman–Crippen LogP) is 2.54. The first-order valence-corrected chi connectivity index (χ1v) is 8.31. The van der Waals surface area contributed by atoms with Crippen molar-refractivity contribution in [3.8, 4) is 0 Å². The molecule has 108 valence electrons. The first-order valence-electron chi connectivity index (χ1n) is 6.00. The highest BCUT2D eigenvalue weighted by atomic mass is 35.7. The van der Waals surface area contributed by atoms with Crippen molar-refractivity contribution >= 4 is 25.6 Å². The van der Waals surface area contributed by atoms with Crippen LogP contribution in [0.4, 0.5) is 4.39 Å². The van der Waals surface area contributed by atoms with Crippen molar-refractivity contribution in [1.82, 2.24) is 4.90 Å². The lowest BCUT2D eigenvalue weighted by atomic mass is 10.2. The number of carbonyl (C=O) groups is 1. The zero-order chi connectivity index (χ0) is 14.9. The van der Waals surface area contributed by atoms with Gasteiger partial charge in [0.25, 0.3) is 15.0 Å². The van der Waals surface area contributed by atoms with E-state index in [0.717, 1.165) is 31.0 Å². The lowest BCUT2D eigenvalue weighted by Crippen LogP contribution is -2.33. The molecule has 7 heteroatoms. The van der Waals surface area contributed by atoms with E-state index in [0.29, 0.717) is 6.54 Å². The van der Waals surface area contributed by atoms with Gasteiger partial charge in [0.05, 0.1) is 10.5 Å². The Morgan fingerprint density at radius 3 is 2.60 bits per heavy atom. The van der Waals surface area contributed by atoms with Gasteiger partial charge >= 0.3 is 0 Å². The minimum absolute atomic E-state index is 0.108. The fourth-order valence-corrected chi connectivity index (χ4v) is 2.66. The molecular formula is C13H13ClFNO3S. The third-order valence-corrected chi connectivity index (χ3v) is 4.38. The highest BCUT2D eigenvalue weighted by molar-refractivity contribution is 8.13. The van der Waals surface area contributed by atoms with Gasteiger partial charge in [-0.2, -0.15) is 0 Å². The van der Waals surface area contributed by atoms with Gasteiger partial charge in [-0.3, -0.25) is 4.79 Å². The average Bonchev–Trinajstić information content (AvgIpc) is 3.18.